The van der Waals surface area contributed by atoms with Gasteiger partial charge < -0.3 is 10.4 Å². The quantitative estimate of drug-likeness (QED) is 0.279. The van der Waals surface area contributed by atoms with Crippen LogP contribution in [0.3, 0.4) is 0 Å². The minimum atomic E-state index is -0.148. The molecule has 0 bridgehead atoms. The number of rotatable bonds is 5. The number of hydrogen-bond acceptors (Lipinski definition) is 3. The summed E-state index contributed by atoms with van der Waals surface area (Å²) in [5, 5.41) is 13.6. The molecule has 0 fully saturated rings. The first-order valence-corrected chi connectivity index (χ1v) is 3.43. The lowest BCUT2D eigenvalue weighted by Crippen LogP contribution is -2.32. The zero-order valence-electron chi connectivity index (χ0n) is 6.68. The fourth-order valence-electron chi connectivity index (χ4n) is 0.494. The summed E-state index contributed by atoms with van der Waals surface area (Å²) >= 11 is 0. The maximum atomic E-state index is 10.8. The van der Waals surface area contributed by atoms with Gasteiger partial charge in [-0.2, -0.15) is 0 Å². The van der Waals surface area contributed by atoms with Gasteiger partial charge in [-0.15, -0.1) is 0 Å². The van der Waals surface area contributed by atoms with Gasteiger partial charge in [-0.1, -0.05) is 6.58 Å². The molecule has 0 rings (SSSR count). The number of hydrogen-bond donors (Lipinski definition) is 3. The molecule has 0 aromatic heterocycles. The Kier molecular flexibility index (Phi) is 5.42. The van der Waals surface area contributed by atoms with Crippen molar-refractivity contribution >= 4 is 5.91 Å². The van der Waals surface area contributed by atoms with Crippen LogP contribution in [0.5, 0.6) is 0 Å². The van der Waals surface area contributed by atoms with E-state index in [-0.39, 0.29) is 12.6 Å². The molecule has 1 amide bonds. The lowest BCUT2D eigenvalue weighted by molar-refractivity contribution is -0.117. The van der Waals surface area contributed by atoms with Gasteiger partial charge in [-0.05, 0) is 6.92 Å². The molecule has 0 aromatic carbocycles. The third kappa shape index (κ3) is 5.57. The van der Waals surface area contributed by atoms with Crippen molar-refractivity contribution in [1.29, 1.82) is 0 Å². The molecule has 0 saturated carbocycles. The van der Waals surface area contributed by atoms with Crippen molar-refractivity contribution in [2.45, 2.75) is 6.92 Å². The van der Waals surface area contributed by atoms with Crippen LogP contribution >= 0.6 is 0 Å². The monoisotopic (exact) mass is 158 g/mol. The highest BCUT2D eigenvalue weighted by atomic mass is 16.3. The molecular formula is C7H14N2O2. The fourth-order valence-corrected chi connectivity index (χ4v) is 0.494. The largest absolute Gasteiger partial charge is 0.381 e. The Morgan fingerprint density at radius 1 is 1.55 bits per heavy atom. The van der Waals surface area contributed by atoms with Gasteiger partial charge in [0.25, 0.3) is 0 Å². The van der Waals surface area contributed by atoms with E-state index in [9.17, 15) is 4.79 Å². The number of aliphatic hydroxyl groups is 1. The van der Waals surface area contributed by atoms with E-state index in [1.54, 1.807) is 6.92 Å². The molecule has 0 unspecified atom stereocenters. The maximum Gasteiger partial charge on any atom is 0.246 e. The van der Waals surface area contributed by atoms with Gasteiger partial charge in [0.15, 0.2) is 0 Å². The van der Waals surface area contributed by atoms with Crippen molar-refractivity contribution < 1.29 is 9.90 Å². The highest BCUT2D eigenvalue weighted by Crippen LogP contribution is 1.83. The van der Waals surface area contributed by atoms with Crippen LogP contribution in [-0.4, -0.2) is 30.8 Å². The number of aliphatic hydroxyl groups excluding tert-OH is 1. The van der Waals surface area contributed by atoms with Crippen molar-refractivity contribution in [3.8, 4) is 0 Å². The van der Waals surface area contributed by atoms with Crippen molar-refractivity contribution in [2.24, 2.45) is 0 Å². The standard InChI is InChI=1S/C7H14N2O2/c1-6(2)7(11)9-4-3-8-5-10/h8,10H,1,3-5H2,2H3,(H,9,11). The number of carbonyl (C=O) groups excluding carboxylic acids is 1. The summed E-state index contributed by atoms with van der Waals surface area (Å²) in [5.41, 5.74) is 0.494. The second-order valence-electron chi connectivity index (χ2n) is 2.19. The second-order valence-corrected chi connectivity index (χ2v) is 2.19. The third-order valence-electron chi connectivity index (χ3n) is 1.09. The molecule has 64 valence electrons. The molecule has 0 aliphatic carbocycles. The molecule has 3 N–H and O–H groups in total. The summed E-state index contributed by atoms with van der Waals surface area (Å²) in [5.74, 6) is -0.148. The van der Waals surface area contributed by atoms with Gasteiger partial charge in [-0.3, -0.25) is 10.1 Å². The highest BCUT2D eigenvalue weighted by molar-refractivity contribution is 5.92. The Hall–Kier alpha value is -0.870. The summed E-state index contributed by atoms with van der Waals surface area (Å²) in [6.45, 7) is 6.12. The molecule has 11 heavy (non-hydrogen) atoms. The van der Waals surface area contributed by atoms with E-state index in [4.69, 9.17) is 5.11 Å². The molecular weight excluding hydrogens is 144 g/mol. The number of carbonyl (C=O) groups is 1. The van der Waals surface area contributed by atoms with E-state index < -0.39 is 0 Å². The van der Waals surface area contributed by atoms with Crippen LogP contribution in [0.2, 0.25) is 0 Å². The van der Waals surface area contributed by atoms with E-state index in [1.807, 2.05) is 0 Å². The molecule has 0 aliphatic heterocycles. The number of amides is 1. The van der Waals surface area contributed by atoms with Gasteiger partial charge in [0.05, 0.1) is 6.73 Å². The van der Waals surface area contributed by atoms with Gasteiger partial charge in [0, 0.05) is 18.7 Å². The third-order valence-corrected chi connectivity index (χ3v) is 1.09. The van der Waals surface area contributed by atoms with Crippen LogP contribution in [0.4, 0.5) is 0 Å². The Balaban J connectivity index is 3.25. The Morgan fingerprint density at radius 3 is 2.64 bits per heavy atom. The second kappa shape index (κ2) is 5.88. The maximum absolute atomic E-state index is 10.8. The zero-order valence-corrected chi connectivity index (χ0v) is 6.68. The predicted octanol–water partition coefficient (Wildman–Crippen LogP) is -0.782. The average molecular weight is 158 g/mol. The fraction of sp³-hybridized carbons (Fsp3) is 0.571. The van der Waals surface area contributed by atoms with Crippen molar-refractivity contribution in [3.63, 3.8) is 0 Å². The molecule has 0 radical (unpaired) electrons. The van der Waals surface area contributed by atoms with Crippen molar-refractivity contribution in [1.82, 2.24) is 10.6 Å². The summed E-state index contributed by atoms with van der Waals surface area (Å²) in [7, 11) is 0. The SMILES string of the molecule is C=C(C)C(=O)NCCNCO. The first-order chi connectivity index (χ1) is 5.18. The van der Waals surface area contributed by atoms with Gasteiger partial charge >= 0.3 is 0 Å². The molecule has 0 aliphatic rings. The first-order valence-electron chi connectivity index (χ1n) is 3.43. The molecule has 0 saturated heterocycles. The van der Waals surface area contributed by atoms with E-state index in [1.165, 1.54) is 0 Å². The van der Waals surface area contributed by atoms with Crippen LogP contribution in [0, 0.1) is 0 Å². The summed E-state index contributed by atoms with van der Waals surface area (Å²) in [6, 6.07) is 0. The Labute approximate surface area is 66.3 Å². The van der Waals surface area contributed by atoms with Gasteiger partial charge in [0.2, 0.25) is 5.91 Å². The van der Waals surface area contributed by atoms with Crippen LogP contribution in [0.25, 0.3) is 0 Å². The summed E-state index contributed by atoms with van der Waals surface area (Å²) < 4.78 is 0. The topological polar surface area (TPSA) is 61.4 Å². The summed E-state index contributed by atoms with van der Waals surface area (Å²) in [4.78, 5) is 10.8. The lowest BCUT2D eigenvalue weighted by atomic mass is 10.3. The molecule has 0 atom stereocenters. The predicted molar refractivity (Wildman–Crippen MR) is 42.9 cm³/mol. The normalized spacial score (nSPS) is 9.27. The van der Waals surface area contributed by atoms with E-state index in [2.05, 4.69) is 17.2 Å². The molecule has 0 spiro atoms. The van der Waals surface area contributed by atoms with Crippen LogP contribution in [0.15, 0.2) is 12.2 Å². The van der Waals surface area contributed by atoms with Crippen molar-refractivity contribution in [2.75, 3.05) is 19.8 Å². The number of nitrogens with one attached hydrogen (secondary N) is 2. The highest BCUT2D eigenvalue weighted by Gasteiger charge is 1.97. The molecule has 0 aromatic rings. The summed E-state index contributed by atoms with van der Waals surface area (Å²) in [6.07, 6.45) is 0. The van der Waals surface area contributed by atoms with Crippen LogP contribution < -0.4 is 10.6 Å². The Bertz CT molecular complexity index is 145. The molecule has 0 heterocycles. The average Bonchev–Trinajstić information content (AvgIpc) is 1.97. The molecule has 4 heteroatoms. The molecule has 4 nitrogen and oxygen atoms in total. The van der Waals surface area contributed by atoms with Crippen molar-refractivity contribution in [3.05, 3.63) is 12.2 Å². The lowest BCUT2D eigenvalue weighted by Gasteiger charge is -2.03. The Morgan fingerprint density at radius 2 is 2.18 bits per heavy atom. The van der Waals surface area contributed by atoms with E-state index in [0.29, 0.717) is 18.7 Å². The zero-order chi connectivity index (χ0) is 8.69. The smallest absolute Gasteiger partial charge is 0.246 e. The minimum Gasteiger partial charge on any atom is -0.381 e. The minimum absolute atomic E-state index is 0.0665. The van der Waals surface area contributed by atoms with Gasteiger partial charge in [0.1, 0.15) is 0 Å². The first kappa shape index (κ1) is 10.1. The van der Waals surface area contributed by atoms with Crippen LogP contribution in [0.1, 0.15) is 6.92 Å². The van der Waals surface area contributed by atoms with Crippen LogP contribution in [-0.2, 0) is 4.79 Å². The van der Waals surface area contributed by atoms with E-state index in [0.717, 1.165) is 0 Å². The van der Waals surface area contributed by atoms with E-state index >= 15 is 0 Å². The van der Waals surface area contributed by atoms with Gasteiger partial charge in [-0.25, -0.2) is 0 Å².